The van der Waals surface area contributed by atoms with Crippen LogP contribution in [0.25, 0.3) is 0 Å². The second kappa shape index (κ2) is 7.37. The van der Waals surface area contributed by atoms with Crippen LogP contribution in [0.1, 0.15) is 12.0 Å². The fourth-order valence-electron chi connectivity index (χ4n) is 1.42. The standard InChI is InChI=1S/C12H21N3/c1-15(2)10-4-8-13-9-6-12-5-3-7-14-11-12/h3,5,7,11,13H,4,6,8-10H2,1-2H3. The van der Waals surface area contributed by atoms with Crippen LogP contribution in [0.4, 0.5) is 0 Å². The van der Waals surface area contributed by atoms with Crippen molar-refractivity contribution < 1.29 is 0 Å². The van der Waals surface area contributed by atoms with E-state index in [1.807, 2.05) is 18.5 Å². The summed E-state index contributed by atoms with van der Waals surface area (Å²) in [5.41, 5.74) is 1.30. The molecule has 0 aromatic carbocycles. The average Bonchev–Trinajstić information content (AvgIpc) is 2.24. The second-order valence-corrected chi connectivity index (χ2v) is 4.02. The van der Waals surface area contributed by atoms with Crippen molar-refractivity contribution >= 4 is 0 Å². The SMILES string of the molecule is CN(C)CCCNCCc1cccnc1. The van der Waals surface area contributed by atoms with E-state index in [1.54, 1.807) is 0 Å². The normalized spacial score (nSPS) is 10.9. The van der Waals surface area contributed by atoms with Gasteiger partial charge in [0.2, 0.25) is 0 Å². The lowest BCUT2D eigenvalue weighted by Crippen LogP contribution is -2.23. The van der Waals surface area contributed by atoms with E-state index in [0.717, 1.165) is 26.1 Å². The van der Waals surface area contributed by atoms with Crippen molar-refractivity contribution in [3.05, 3.63) is 30.1 Å². The highest BCUT2D eigenvalue weighted by Crippen LogP contribution is 1.95. The van der Waals surface area contributed by atoms with Gasteiger partial charge in [0.1, 0.15) is 0 Å². The largest absolute Gasteiger partial charge is 0.316 e. The van der Waals surface area contributed by atoms with Crippen molar-refractivity contribution in [1.29, 1.82) is 0 Å². The molecule has 0 bridgehead atoms. The van der Waals surface area contributed by atoms with Gasteiger partial charge in [0.05, 0.1) is 0 Å². The van der Waals surface area contributed by atoms with E-state index < -0.39 is 0 Å². The van der Waals surface area contributed by atoms with Crippen LogP contribution < -0.4 is 5.32 Å². The van der Waals surface area contributed by atoms with E-state index in [1.165, 1.54) is 12.0 Å². The van der Waals surface area contributed by atoms with Crippen molar-refractivity contribution in [3.63, 3.8) is 0 Å². The molecule has 1 N–H and O–H groups in total. The number of hydrogen-bond acceptors (Lipinski definition) is 3. The lowest BCUT2D eigenvalue weighted by Gasteiger charge is -2.09. The highest BCUT2D eigenvalue weighted by molar-refractivity contribution is 5.08. The lowest BCUT2D eigenvalue weighted by molar-refractivity contribution is 0.395. The molecular formula is C12H21N3. The van der Waals surface area contributed by atoms with Crippen molar-refractivity contribution in [2.24, 2.45) is 0 Å². The first-order valence-corrected chi connectivity index (χ1v) is 5.53. The molecule has 3 nitrogen and oxygen atoms in total. The molecule has 84 valence electrons. The number of nitrogens with zero attached hydrogens (tertiary/aromatic N) is 2. The molecule has 0 saturated heterocycles. The van der Waals surface area contributed by atoms with Crippen molar-refractivity contribution in [2.75, 3.05) is 33.7 Å². The zero-order valence-electron chi connectivity index (χ0n) is 9.74. The maximum Gasteiger partial charge on any atom is 0.0300 e. The molecule has 15 heavy (non-hydrogen) atoms. The van der Waals surface area contributed by atoms with Gasteiger partial charge < -0.3 is 10.2 Å². The average molecular weight is 207 g/mol. The quantitative estimate of drug-likeness (QED) is 0.680. The third kappa shape index (κ3) is 6.20. The fraction of sp³-hybridized carbons (Fsp3) is 0.583. The van der Waals surface area contributed by atoms with Crippen molar-refractivity contribution in [3.8, 4) is 0 Å². The fourth-order valence-corrected chi connectivity index (χ4v) is 1.42. The molecule has 0 atom stereocenters. The maximum atomic E-state index is 4.09. The summed E-state index contributed by atoms with van der Waals surface area (Å²) in [7, 11) is 4.21. The number of hydrogen-bond donors (Lipinski definition) is 1. The smallest absolute Gasteiger partial charge is 0.0300 e. The van der Waals surface area contributed by atoms with Crippen LogP contribution >= 0.6 is 0 Å². The molecule has 1 heterocycles. The van der Waals surface area contributed by atoms with Crippen molar-refractivity contribution in [2.45, 2.75) is 12.8 Å². The van der Waals surface area contributed by atoms with Gasteiger partial charge in [0.15, 0.2) is 0 Å². The van der Waals surface area contributed by atoms with Gasteiger partial charge in [-0.15, -0.1) is 0 Å². The van der Waals surface area contributed by atoms with Gasteiger partial charge in [-0.3, -0.25) is 4.98 Å². The van der Waals surface area contributed by atoms with Crippen LogP contribution in [0.15, 0.2) is 24.5 Å². The number of nitrogens with one attached hydrogen (secondary N) is 1. The van der Waals surface area contributed by atoms with Crippen LogP contribution in [0, 0.1) is 0 Å². The molecule has 0 spiro atoms. The minimum atomic E-state index is 1.04. The molecule has 1 rings (SSSR count). The molecule has 3 heteroatoms. The van der Waals surface area contributed by atoms with E-state index in [0.29, 0.717) is 0 Å². The summed E-state index contributed by atoms with van der Waals surface area (Å²) >= 11 is 0. The van der Waals surface area contributed by atoms with Gasteiger partial charge in [-0.25, -0.2) is 0 Å². The van der Waals surface area contributed by atoms with Gasteiger partial charge in [-0.05, 0) is 58.2 Å². The van der Waals surface area contributed by atoms with Crippen LogP contribution in [0.5, 0.6) is 0 Å². The Kier molecular flexibility index (Phi) is 5.97. The molecule has 0 amide bonds. The highest BCUT2D eigenvalue weighted by Gasteiger charge is 1.93. The van der Waals surface area contributed by atoms with Crippen molar-refractivity contribution in [1.82, 2.24) is 15.2 Å². The predicted molar refractivity (Wildman–Crippen MR) is 64.0 cm³/mol. The van der Waals surface area contributed by atoms with Crippen LogP contribution in [-0.4, -0.2) is 43.6 Å². The van der Waals surface area contributed by atoms with Gasteiger partial charge in [0, 0.05) is 12.4 Å². The van der Waals surface area contributed by atoms with E-state index in [4.69, 9.17) is 0 Å². The zero-order valence-corrected chi connectivity index (χ0v) is 9.74. The summed E-state index contributed by atoms with van der Waals surface area (Å²) in [4.78, 5) is 6.30. The molecule has 0 aliphatic rings. The Morgan fingerprint density at radius 2 is 2.20 bits per heavy atom. The predicted octanol–water partition coefficient (Wildman–Crippen LogP) is 1.17. The topological polar surface area (TPSA) is 28.2 Å². The summed E-state index contributed by atoms with van der Waals surface area (Å²) in [6.45, 7) is 3.29. The van der Waals surface area contributed by atoms with E-state index in [-0.39, 0.29) is 0 Å². The van der Waals surface area contributed by atoms with Gasteiger partial charge in [0.25, 0.3) is 0 Å². The summed E-state index contributed by atoms with van der Waals surface area (Å²) in [6, 6.07) is 4.11. The summed E-state index contributed by atoms with van der Waals surface area (Å²) in [5, 5.41) is 3.43. The first-order chi connectivity index (χ1) is 7.29. The van der Waals surface area contributed by atoms with Crippen LogP contribution in [0.2, 0.25) is 0 Å². The molecule has 0 unspecified atom stereocenters. The van der Waals surface area contributed by atoms with Gasteiger partial charge in [-0.1, -0.05) is 6.07 Å². The summed E-state index contributed by atoms with van der Waals surface area (Å²) in [6.07, 6.45) is 6.02. The van der Waals surface area contributed by atoms with Gasteiger partial charge in [-0.2, -0.15) is 0 Å². The number of aromatic nitrogens is 1. The van der Waals surface area contributed by atoms with Crippen LogP contribution in [-0.2, 0) is 6.42 Å². The van der Waals surface area contributed by atoms with E-state index in [9.17, 15) is 0 Å². The number of pyridine rings is 1. The molecular weight excluding hydrogens is 186 g/mol. The highest BCUT2D eigenvalue weighted by atomic mass is 15.0. The minimum absolute atomic E-state index is 1.04. The molecule has 0 aliphatic heterocycles. The Hall–Kier alpha value is -0.930. The molecule has 0 radical (unpaired) electrons. The Morgan fingerprint density at radius 1 is 1.33 bits per heavy atom. The Morgan fingerprint density at radius 3 is 2.87 bits per heavy atom. The summed E-state index contributed by atoms with van der Waals surface area (Å²) < 4.78 is 0. The maximum absolute atomic E-state index is 4.09. The second-order valence-electron chi connectivity index (χ2n) is 4.02. The molecule has 1 aromatic rings. The molecule has 0 fully saturated rings. The first kappa shape index (κ1) is 12.1. The van der Waals surface area contributed by atoms with Gasteiger partial charge >= 0.3 is 0 Å². The molecule has 1 aromatic heterocycles. The Bertz CT molecular complexity index is 246. The molecule has 0 aliphatic carbocycles. The van der Waals surface area contributed by atoms with Crippen LogP contribution in [0.3, 0.4) is 0 Å². The molecule has 0 saturated carbocycles. The third-order valence-electron chi connectivity index (χ3n) is 2.27. The van der Waals surface area contributed by atoms with E-state index in [2.05, 4.69) is 35.4 Å². The number of rotatable bonds is 7. The first-order valence-electron chi connectivity index (χ1n) is 5.53. The monoisotopic (exact) mass is 207 g/mol. The lowest BCUT2D eigenvalue weighted by atomic mass is 10.2. The Labute approximate surface area is 92.5 Å². The Balaban J connectivity index is 1.98. The minimum Gasteiger partial charge on any atom is -0.316 e. The third-order valence-corrected chi connectivity index (χ3v) is 2.27. The summed E-state index contributed by atoms with van der Waals surface area (Å²) in [5.74, 6) is 0. The zero-order chi connectivity index (χ0) is 10.9. The van der Waals surface area contributed by atoms with E-state index >= 15 is 0 Å².